The molecule has 534 valence electrons. The Morgan fingerprint density at radius 3 is 1.02 bits per heavy atom. The molecule has 0 atom stereocenters. The molecule has 0 N–H and O–H groups in total. The predicted molar refractivity (Wildman–Crippen MR) is 458 cm³/mol. The van der Waals surface area contributed by atoms with E-state index in [4.69, 9.17) is 43.3 Å². The lowest BCUT2D eigenvalue weighted by molar-refractivity contribution is 0.00578. The van der Waals surface area contributed by atoms with Gasteiger partial charge < -0.3 is 18.1 Å². The van der Waals surface area contributed by atoms with Gasteiger partial charge in [-0.2, -0.15) is 10.5 Å². The van der Waals surface area contributed by atoms with Gasteiger partial charge in [-0.05, 0) is 156 Å². The van der Waals surface area contributed by atoms with Crippen molar-refractivity contribution in [2.75, 3.05) is 0 Å². The molecule has 12 heteroatoms. The van der Waals surface area contributed by atoms with Gasteiger partial charge in [-0.15, -0.1) is 0 Å². The van der Waals surface area contributed by atoms with Crippen molar-refractivity contribution in [3.8, 4) is 136 Å². The van der Waals surface area contributed by atoms with Crippen molar-refractivity contribution in [2.24, 2.45) is 0 Å². The molecule has 14 aromatic carbocycles. The van der Waals surface area contributed by atoms with E-state index in [0.717, 1.165) is 166 Å². The first-order chi connectivity index (χ1) is 54.8. The quantitative estimate of drug-likeness (QED) is 0.108. The summed E-state index contributed by atoms with van der Waals surface area (Å²) in [5, 5.41) is 22.2. The second-order valence-corrected chi connectivity index (χ2v) is 29.5. The summed E-state index contributed by atoms with van der Waals surface area (Å²) in [4.78, 5) is 20.0. The Bertz CT molecular complexity index is 6410. The van der Waals surface area contributed by atoms with Gasteiger partial charge in [0.1, 0.15) is 22.3 Å². The van der Waals surface area contributed by atoms with Gasteiger partial charge >= 0.3 is 7.12 Å². The zero-order valence-corrected chi connectivity index (χ0v) is 63.3. The Kier molecular flexibility index (Phi) is 19.5. The van der Waals surface area contributed by atoms with Crippen LogP contribution < -0.4 is 5.46 Å². The van der Waals surface area contributed by atoms with E-state index in [-0.39, 0.29) is 0 Å². The highest BCUT2D eigenvalue weighted by atomic mass is 79.9. The molecule has 1 aliphatic heterocycles. The van der Waals surface area contributed by atoms with Crippen LogP contribution in [0.2, 0.25) is 0 Å². The Balaban J connectivity index is 0.000000138. The topological polar surface area (TPSA) is 144 Å². The van der Waals surface area contributed by atoms with E-state index in [1.54, 1.807) is 0 Å². The molecule has 0 aliphatic carbocycles. The minimum absolute atomic E-state index is 0.466. The standard InChI is InChI=1S/C47H29N3O.C40H33BN2O3.C13H8BrN/c48-30-31-15-17-32(18-16-31)33-19-21-34(22-20-33)39-27-28-44-46(40-13-7-8-14-43(40)51-44)45(39)37-25-23-36(24-26-37)42-29-41(35-9-3-1-4-10-35)49-47(50-42)38-11-5-2-6-12-38;1-39(2)40(3,4)46-41(45-39)31-23-24-35-37(30-17-11-12-18-34(30)44-35)36(31)28-21-19-27(20-22-28)33-25-32(26-13-7-5-8-14-26)42-38(43-33)29-15-9-6-10-16-29;14-13-7-5-12(6-8-13)11-3-1-10(9-15)2-4-11/h1-29H;5-25H,1-4H3;1-8H. The van der Waals surface area contributed by atoms with Crippen molar-refractivity contribution < 1.29 is 18.1 Å². The van der Waals surface area contributed by atoms with Crippen LogP contribution in [0, 0.1) is 22.7 Å². The molecule has 112 heavy (non-hydrogen) atoms. The smallest absolute Gasteiger partial charge is 0.456 e. The Hall–Kier alpha value is -13.7. The fourth-order valence-electron chi connectivity index (χ4n) is 14.4. The zero-order chi connectivity index (χ0) is 76.3. The van der Waals surface area contributed by atoms with Crippen LogP contribution in [0.25, 0.3) is 167 Å². The summed E-state index contributed by atoms with van der Waals surface area (Å²) in [7, 11) is -0.526. The highest BCUT2D eigenvalue weighted by Gasteiger charge is 2.52. The van der Waals surface area contributed by atoms with E-state index >= 15 is 0 Å². The number of benzene rings is 14. The molecule has 0 unspecified atom stereocenters. The van der Waals surface area contributed by atoms with Crippen LogP contribution in [0.15, 0.2) is 365 Å². The second kappa shape index (κ2) is 30.7. The molecule has 0 saturated carbocycles. The summed E-state index contributed by atoms with van der Waals surface area (Å²) >= 11 is 3.40. The van der Waals surface area contributed by atoms with Crippen molar-refractivity contribution in [2.45, 2.75) is 38.9 Å². The van der Waals surface area contributed by atoms with E-state index in [0.29, 0.717) is 22.8 Å². The highest BCUT2D eigenvalue weighted by Crippen LogP contribution is 2.46. The van der Waals surface area contributed by atoms with Gasteiger partial charge in [0.25, 0.3) is 0 Å². The summed E-state index contributed by atoms with van der Waals surface area (Å²) in [6.45, 7) is 8.34. The van der Waals surface area contributed by atoms with E-state index in [1.165, 1.54) is 0 Å². The third-order valence-electron chi connectivity index (χ3n) is 21.0. The number of rotatable bonds is 12. The number of hydrogen-bond donors (Lipinski definition) is 0. The minimum Gasteiger partial charge on any atom is -0.456 e. The van der Waals surface area contributed by atoms with Gasteiger partial charge in [0, 0.05) is 65.0 Å². The molecule has 1 fully saturated rings. The maximum absolute atomic E-state index is 9.23. The van der Waals surface area contributed by atoms with Crippen LogP contribution in [0.1, 0.15) is 38.8 Å². The van der Waals surface area contributed by atoms with Crippen LogP contribution in [-0.2, 0) is 9.31 Å². The number of fused-ring (bicyclic) bond motifs is 6. The molecular weight excluding hydrogens is 1440 g/mol. The van der Waals surface area contributed by atoms with Crippen LogP contribution in [0.4, 0.5) is 0 Å². The minimum atomic E-state index is -0.526. The highest BCUT2D eigenvalue weighted by molar-refractivity contribution is 9.10. The molecule has 4 aromatic heterocycles. The lowest BCUT2D eigenvalue weighted by atomic mass is 9.73. The molecule has 1 aliphatic rings. The van der Waals surface area contributed by atoms with Crippen molar-refractivity contribution in [1.29, 1.82) is 10.5 Å². The number of aromatic nitrogens is 4. The molecule has 1 saturated heterocycles. The monoisotopic (exact) mass is 1510 g/mol. The van der Waals surface area contributed by atoms with E-state index in [1.807, 2.05) is 200 Å². The first kappa shape index (κ1) is 71.2. The van der Waals surface area contributed by atoms with E-state index in [9.17, 15) is 5.26 Å². The Morgan fingerprint density at radius 1 is 0.295 bits per heavy atom. The molecule has 10 nitrogen and oxygen atoms in total. The Labute approximate surface area is 658 Å². The van der Waals surface area contributed by atoms with Crippen LogP contribution in [-0.4, -0.2) is 38.3 Å². The fraction of sp³-hybridized carbons (Fsp3) is 0.0600. The van der Waals surface area contributed by atoms with Crippen molar-refractivity contribution in [3.63, 3.8) is 0 Å². The number of nitrogens with zero attached hydrogens (tertiary/aromatic N) is 6. The normalized spacial score (nSPS) is 12.7. The lowest BCUT2D eigenvalue weighted by Crippen LogP contribution is -2.41. The number of furan rings is 2. The van der Waals surface area contributed by atoms with Crippen molar-refractivity contribution in [1.82, 2.24) is 19.9 Å². The third kappa shape index (κ3) is 14.5. The molecule has 19 rings (SSSR count). The average Bonchev–Trinajstić information content (AvgIpc) is 1.57. The lowest BCUT2D eigenvalue weighted by Gasteiger charge is -2.32. The first-order valence-electron chi connectivity index (χ1n) is 37.1. The van der Waals surface area contributed by atoms with Crippen molar-refractivity contribution in [3.05, 3.63) is 367 Å². The average molecular weight is 1510 g/mol. The second-order valence-electron chi connectivity index (χ2n) is 28.6. The number of nitriles is 2. The first-order valence-corrected chi connectivity index (χ1v) is 37.9. The summed E-state index contributed by atoms with van der Waals surface area (Å²) in [6.07, 6.45) is 0. The van der Waals surface area contributed by atoms with Gasteiger partial charge in [0.15, 0.2) is 11.6 Å². The third-order valence-corrected chi connectivity index (χ3v) is 21.5. The number of para-hydroxylation sites is 2. The van der Waals surface area contributed by atoms with E-state index < -0.39 is 18.3 Å². The van der Waals surface area contributed by atoms with Gasteiger partial charge in [-0.1, -0.05) is 295 Å². The Morgan fingerprint density at radius 2 is 0.607 bits per heavy atom. The summed E-state index contributed by atoms with van der Waals surface area (Å²) in [6, 6.07) is 123. The van der Waals surface area contributed by atoms with Crippen LogP contribution in [0.5, 0.6) is 0 Å². The van der Waals surface area contributed by atoms with Crippen LogP contribution in [0.3, 0.4) is 0 Å². The number of halogens is 1. The molecule has 0 amide bonds. The predicted octanol–water partition coefficient (Wildman–Crippen LogP) is 25.6. The molecule has 18 aromatic rings. The van der Waals surface area contributed by atoms with Crippen molar-refractivity contribution >= 4 is 72.4 Å². The molecule has 0 spiro atoms. The number of hydrogen-bond acceptors (Lipinski definition) is 10. The van der Waals surface area contributed by atoms with Crippen LogP contribution >= 0.6 is 15.9 Å². The maximum Gasteiger partial charge on any atom is 0.495 e. The molecular formula is C100H70BBrN6O4. The van der Waals surface area contributed by atoms with Gasteiger partial charge in [-0.25, -0.2) is 19.9 Å². The maximum atomic E-state index is 9.23. The van der Waals surface area contributed by atoms with Gasteiger partial charge in [-0.3, -0.25) is 0 Å². The van der Waals surface area contributed by atoms with Gasteiger partial charge in [0.2, 0.25) is 0 Å². The molecule has 0 radical (unpaired) electrons. The van der Waals surface area contributed by atoms with Gasteiger partial charge in [0.05, 0.1) is 57.2 Å². The SMILES string of the molecule is CC1(C)OB(c2ccc3oc4ccccc4c3c2-c2ccc(-c3cc(-c4ccccc4)nc(-c4ccccc4)n3)cc2)OC1(C)C.N#Cc1ccc(-c2ccc(-c3ccc4oc5ccccc5c4c3-c3ccc(-c4cc(-c5ccccc5)nc(-c5ccccc5)n4)cc3)cc2)cc1.N#Cc1ccc(-c2ccc(Br)cc2)cc1. The summed E-state index contributed by atoms with van der Waals surface area (Å²) in [5.41, 5.74) is 25.3. The zero-order valence-electron chi connectivity index (χ0n) is 61.8. The molecule has 0 bridgehead atoms. The summed E-state index contributed by atoms with van der Waals surface area (Å²) in [5.74, 6) is 1.39. The fourth-order valence-corrected chi connectivity index (χ4v) is 14.6. The largest absolute Gasteiger partial charge is 0.495 e. The molecule has 5 heterocycles. The summed E-state index contributed by atoms with van der Waals surface area (Å²) < 4.78 is 26.9. The van der Waals surface area contributed by atoms with E-state index in [2.05, 4.69) is 207 Å².